The van der Waals surface area contributed by atoms with Gasteiger partial charge in [0.25, 0.3) is 0 Å². The zero-order valence-corrected chi connectivity index (χ0v) is 14.2. The highest BCUT2D eigenvalue weighted by Gasteiger charge is 2.24. The summed E-state index contributed by atoms with van der Waals surface area (Å²) in [6.45, 7) is 0. The molecule has 0 saturated carbocycles. The van der Waals surface area contributed by atoms with Crippen LogP contribution in [0.15, 0.2) is 67.0 Å². The molecule has 2 heteroatoms. The highest BCUT2D eigenvalue weighted by molar-refractivity contribution is 5.75. The minimum Gasteiger partial charge on any atom is -0.241 e. The number of hydrogen-bond acceptors (Lipinski definition) is 2. The fourth-order valence-electron chi connectivity index (χ4n) is 4.36. The summed E-state index contributed by atoms with van der Waals surface area (Å²) in [6, 6.07) is 15.4. The van der Waals surface area contributed by atoms with Crippen molar-refractivity contribution < 1.29 is 0 Å². The number of aromatic nitrogens is 2. The fourth-order valence-corrected chi connectivity index (χ4v) is 4.36. The minimum atomic E-state index is 0.383. The van der Waals surface area contributed by atoms with Gasteiger partial charge in [0.2, 0.25) is 0 Å². The van der Waals surface area contributed by atoms with E-state index in [0.717, 1.165) is 31.5 Å². The van der Waals surface area contributed by atoms with Crippen molar-refractivity contribution in [2.24, 2.45) is 0 Å². The summed E-state index contributed by atoms with van der Waals surface area (Å²) in [5, 5.41) is 0. The summed E-state index contributed by atoms with van der Waals surface area (Å²) in [5.74, 6) is 1.31. The van der Waals surface area contributed by atoms with Crippen molar-refractivity contribution in [3.63, 3.8) is 0 Å². The molecule has 1 unspecified atom stereocenters. The summed E-state index contributed by atoms with van der Waals surface area (Å²) in [4.78, 5) is 8.84. The number of fused-ring (bicyclic) bond motifs is 5. The first kappa shape index (κ1) is 14.6. The highest BCUT2D eigenvalue weighted by Crippen LogP contribution is 2.40. The quantitative estimate of drug-likeness (QED) is 0.640. The lowest BCUT2D eigenvalue weighted by Crippen LogP contribution is -2.15. The molecule has 2 aliphatic carbocycles. The van der Waals surface area contributed by atoms with Gasteiger partial charge in [0.1, 0.15) is 5.82 Å². The second-order valence-electron chi connectivity index (χ2n) is 6.92. The predicted octanol–water partition coefficient (Wildman–Crippen LogP) is 4.68. The van der Waals surface area contributed by atoms with Gasteiger partial charge in [-0.3, -0.25) is 0 Å². The van der Waals surface area contributed by atoms with E-state index < -0.39 is 0 Å². The van der Waals surface area contributed by atoms with E-state index in [4.69, 9.17) is 0 Å². The molecule has 2 nitrogen and oxygen atoms in total. The third-order valence-electron chi connectivity index (χ3n) is 5.53. The van der Waals surface area contributed by atoms with Gasteiger partial charge in [-0.25, -0.2) is 9.97 Å². The molecule has 2 aliphatic rings. The third kappa shape index (κ3) is 2.49. The van der Waals surface area contributed by atoms with Crippen LogP contribution in [-0.2, 0) is 25.7 Å². The molecule has 1 heterocycles. The molecule has 0 radical (unpaired) electrons. The Morgan fingerprint density at radius 3 is 2.64 bits per heavy atom. The lowest BCUT2D eigenvalue weighted by Gasteiger charge is -2.28. The van der Waals surface area contributed by atoms with Crippen molar-refractivity contribution in [1.82, 2.24) is 9.97 Å². The molecule has 0 spiro atoms. The average Bonchev–Trinajstić information content (AvgIpc) is 2.68. The van der Waals surface area contributed by atoms with Crippen LogP contribution in [0, 0.1) is 0 Å². The molecule has 25 heavy (non-hydrogen) atoms. The summed E-state index contributed by atoms with van der Waals surface area (Å²) >= 11 is 0. The first-order valence-electron chi connectivity index (χ1n) is 9.05. The van der Waals surface area contributed by atoms with E-state index in [1.165, 1.54) is 27.8 Å². The van der Waals surface area contributed by atoms with Crippen molar-refractivity contribution >= 4 is 0 Å². The Balaban J connectivity index is 1.58. The van der Waals surface area contributed by atoms with Crippen LogP contribution in [0.2, 0.25) is 0 Å². The SMILES string of the molecule is C1=CC(Cc2ncccn2)c2ccc3c(c2C1)CCc1ccccc1-3. The number of allylic oxidation sites excluding steroid dienone is 2. The number of aryl methyl sites for hydroxylation is 1. The lowest BCUT2D eigenvalue weighted by atomic mass is 9.76. The molecule has 0 saturated heterocycles. The Labute approximate surface area is 148 Å². The maximum absolute atomic E-state index is 4.42. The van der Waals surface area contributed by atoms with Gasteiger partial charge >= 0.3 is 0 Å². The first-order chi connectivity index (χ1) is 12.4. The molecule has 5 rings (SSSR count). The zero-order chi connectivity index (χ0) is 16.6. The third-order valence-corrected chi connectivity index (χ3v) is 5.53. The van der Waals surface area contributed by atoms with E-state index in [2.05, 4.69) is 58.5 Å². The molecule has 1 atom stereocenters. The fraction of sp³-hybridized carbons (Fsp3) is 0.217. The number of hydrogen-bond donors (Lipinski definition) is 0. The van der Waals surface area contributed by atoms with E-state index in [1.54, 1.807) is 5.56 Å². The van der Waals surface area contributed by atoms with Gasteiger partial charge in [-0.2, -0.15) is 0 Å². The van der Waals surface area contributed by atoms with Gasteiger partial charge in [-0.15, -0.1) is 0 Å². The van der Waals surface area contributed by atoms with E-state index in [9.17, 15) is 0 Å². The lowest BCUT2D eigenvalue weighted by molar-refractivity contribution is 0.749. The first-order valence-corrected chi connectivity index (χ1v) is 9.05. The van der Waals surface area contributed by atoms with Crippen LogP contribution in [0.5, 0.6) is 0 Å². The molecular weight excluding hydrogens is 304 g/mol. The standard InChI is InChI=1S/C23H20N2/c1-2-7-18-16(5-1)9-10-22-20-8-3-6-17(19(20)11-12-21(18)22)15-23-24-13-4-14-25-23/h1-7,11-14,17H,8-10,15H2. The van der Waals surface area contributed by atoms with E-state index in [0.29, 0.717) is 5.92 Å². The maximum Gasteiger partial charge on any atom is 0.129 e. The minimum absolute atomic E-state index is 0.383. The molecule has 1 aromatic heterocycles. The second kappa shape index (κ2) is 5.96. The predicted molar refractivity (Wildman–Crippen MR) is 101 cm³/mol. The van der Waals surface area contributed by atoms with Crippen LogP contribution in [-0.4, -0.2) is 9.97 Å². The van der Waals surface area contributed by atoms with Crippen LogP contribution in [0.25, 0.3) is 11.1 Å². The molecule has 0 N–H and O–H groups in total. The van der Waals surface area contributed by atoms with Crippen molar-refractivity contribution in [3.05, 3.63) is 95.1 Å². The normalized spacial score (nSPS) is 17.5. The zero-order valence-electron chi connectivity index (χ0n) is 14.2. The van der Waals surface area contributed by atoms with Gasteiger partial charge in [0, 0.05) is 24.7 Å². The summed E-state index contributed by atoms with van der Waals surface area (Å²) in [7, 11) is 0. The van der Waals surface area contributed by atoms with Crippen LogP contribution in [0.3, 0.4) is 0 Å². The van der Waals surface area contributed by atoms with Crippen molar-refractivity contribution in [2.75, 3.05) is 0 Å². The Bertz CT molecular complexity index is 957. The van der Waals surface area contributed by atoms with E-state index >= 15 is 0 Å². The van der Waals surface area contributed by atoms with Crippen molar-refractivity contribution in [2.45, 2.75) is 31.6 Å². The Morgan fingerprint density at radius 2 is 1.72 bits per heavy atom. The number of nitrogens with zero attached hydrogens (tertiary/aromatic N) is 2. The van der Waals surface area contributed by atoms with Crippen LogP contribution in [0.1, 0.15) is 34.0 Å². The van der Waals surface area contributed by atoms with Gasteiger partial charge in [0.05, 0.1) is 0 Å². The maximum atomic E-state index is 4.42. The summed E-state index contributed by atoms with van der Waals surface area (Å²) < 4.78 is 0. The smallest absolute Gasteiger partial charge is 0.129 e. The largest absolute Gasteiger partial charge is 0.241 e. The van der Waals surface area contributed by atoms with Gasteiger partial charge < -0.3 is 0 Å². The molecular formula is C23H20N2. The van der Waals surface area contributed by atoms with E-state index in [1.807, 2.05) is 18.5 Å². The van der Waals surface area contributed by atoms with Gasteiger partial charge in [-0.1, -0.05) is 48.6 Å². The topological polar surface area (TPSA) is 25.8 Å². The molecule has 3 aromatic rings. The molecule has 122 valence electrons. The summed E-state index contributed by atoms with van der Waals surface area (Å²) in [5.41, 5.74) is 8.90. The highest BCUT2D eigenvalue weighted by atomic mass is 14.8. The molecule has 0 fully saturated rings. The molecule has 2 aromatic carbocycles. The second-order valence-corrected chi connectivity index (χ2v) is 6.92. The molecule has 0 aliphatic heterocycles. The van der Waals surface area contributed by atoms with Gasteiger partial charge in [0.15, 0.2) is 0 Å². The number of benzene rings is 2. The average molecular weight is 324 g/mol. The van der Waals surface area contributed by atoms with Crippen LogP contribution < -0.4 is 0 Å². The van der Waals surface area contributed by atoms with Gasteiger partial charge in [-0.05, 0) is 58.7 Å². The molecule has 0 amide bonds. The Hall–Kier alpha value is -2.74. The van der Waals surface area contributed by atoms with Crippen LogP contribution >= 0.6 is 0 Å². The Kier molecular flexibility index (Phi) is 3.48. The monoisotopic (exact) mass is 324 g/mol. The van der Waals surface area contributed by atoms with Crippen LogP contribution in [0.4, 0.5) is 0 Å². The van der Waals surface area contributed by atoms with Crippen molar-refractivity contribution in [1.29, 1.82) is 0 Å². The number of rotatable bonds is 2. The van der Waals surface area contributed by atoms with E-state index in [-0.39, 0.29) is 0 Å². The van der Waals surface area contributed by atoms with Crippen molar-refractivity contribution in [3.8, 4) is 11.1 Å². The Morgan fingerprint density at radius 1 is 0.840 bits per heavy atom. The summed E-state index contributed by atoms with van der Waals surface area (Å²) in [6.07, 6.45) is 12.6. The molecule has 0 bridgehead atoms.